The topological polar surface area (TPSA) is 95.7 Å². The van der Waals surface area contributed by atoms with Crippen LogP contribution in [0.3, 0.4) is 0 Å². The first kappa shape index (κ1) is 12.3. The molecule has 0 saturated heterocycles. The Morgan fingerprint density at radius 3 is 3.05 bits per heavy atom. The maximum absolute atomic E-state index is 5.71. The van der Waals surface area contributed by atoms with Gasteiger partial charge in [0.25, 0.3) is 0 Å². The largest absolute Gasteiger partial charge is 0.384 e. The zero-order valence-corrected chi connectivity index (χ0v) is 11.0. The summed E-state index contributed by atoms with van der Waals surface area (Å²) in [5, 5.41) is 3.88. The van der Waals surface area contributed by atoms with Crippen molar-refractivity contribution >= 4 is 5.82 Å². The third-order valence-electron chi connectivity index (χ3n) is 2.94. The first-order valence-corrected chi connectivity index (χ1v) is 6.23. The summed E-state index contributed by atoms with van der Waals surface area (Å²) in [4.78, 5) is 12.4. The van der Waals surface area contributed by atoms with Gasteiger partial charge in [0.1, 0.15) is 5.82 Å². The lowest BCUT2D eigenvalue weighted by Gasteiger charge is -2.07. The number of nitrogen functional groups attached to an aromatic ring is 1. The van der Waals surface area contributed by atoms with Gasteiger partial charge in [0.05, 0.1) is 18.2 Å². The fourth-order valence-electron chi connectivity index (χ4n) is 2.01. The van der Waals surface area contributed by atoms with Crippen LogP contribution < -0.4 is 5.73 Å². The van der Waals surface area contributed by atoms with Crippen molar-refractivity contribution in [2.75, 3.05) is 5.73 Å². The van der Waals surface area contributed by atoms with Gasteiger partial charge in [-0.05, 0) is 12.1 Å². The molecular formula is C13H14N6O. The van der Waals surface area contributed by atoms with E-state index in [0.29, 0.717) is 24.0 Å². The van der Waals surface area contributed by atoms with E-state index in [1.165, 1.54) is 0 Å². The SMILES string of the molecule is Cc1nc(CCn2cncc2-c2ccnc(N)c2)no1. The Hall–Kier alpha value is -2.70. The number of nitrogens with zero attached hydrogens (tertiary/aromatic N) is 5. The Labute approximate surface area is 115 Å². The summed E-state index contributed by atoms with van der Waals surface area (Å²) in [6.45, 7) is 2.50. The highest BCUT2D eigenvalue weighted by Crippen LogP contribution is 2.20. The van der Waals surface area contributed by atoms with Crippen LogP contribution in [-0.2, 0) is 13.0 Å². The lowest BCUT2D eigenvalue weighted by Crippen LogP contribution is -2.03. The summed E-state index contributed by atoms with van der Waals surface area (Å²) in [6.07, 6.45) is 5.95. The van der Waals surface area contributed by atoms with E-state index in [1.54, 1.807) is 25.6 Å². The lowest BCUT2D eigenvalue weighted by molar-refractivity contribution is 0.386. The highest BCUT2D eigenvalue weighted by atomic mass is 16.5. The zero-order chi connectivity index (χ0) is 13.9. The number of imidazole rings is 1. The minimum absolute atomic E-state index is 0.490. The molecule has 7 heteroatoms. The summed E-state index contributed by atoms with van der Waals surface area (Å²) in [5.41, 5.74) is 7.68. The molecular weight excluding hydrogens is 256 g/mol. The Balaban J connectivity index is 1.80. The minimum Gasteiger partial charge on any atom is -0.384 e. The van der Waals surface area contributed by atoms with Crippen molar-refractivity contribution in [2.45, 2.75) is 19.9 Å². The van der Waals surface area contributed by atoms with Gasteiger partial charge in [-0.15, -0.1) is 0 Å². The van der Waals surface area contributed by atoms with Gasteiger partial charge in [0.15, 0.2) is 5.82 Å². The molecule has 0 aliphatic rings. The predicted octanol–water partition coefficient (Wildman–Crippen LogP) is 1.46. The van der Waals surface area contributed by atoms with Crippen molar-refractivity contribution in [1.29, 1.82) is 0 Å². The monoisotopic (exact) mass is 270 g/mol. The van der Waals surface area contributed by atoms with Crippen LogP contribution >= 0.6 is 0 Å². The maximum atomic E-state index is 5.71. The van der Waals surface area contributed by atoms with Crippen LogP contribution in [0.1, 0.15) is 11.7 Å². The first-order valence-electron chi connectivity index (χ1n) is 6.23. The van der Waals surface area contributed by atoms with Crippen LogP contribution in [0.2, 0.25) is 0 Å². The number of aromatic nitrogens is 5. The molecule has 0 saturated carbocycles. The molecule has 3 rings (SSSR count). The third kappa shape index (κ3) is 2.51. The average molecular weight is 270 g/mol. The molecule has 20 heavy (non-hydrogen) atoms. The quantitative estimate of drug-likeness (QED) is 0.771. The third-order valence-corrected chi connectivity index (χ3v) is 2.94. The number of pyridine rings is 1. The van der Waals surface area contributed by atoms with Crippen molar-refractivity contribution in [2.24, 2.45) is 0 Å². The van der Waals surface area contributed by atoms with E-state index in [1.807, 2.05) is 16.7 Å². The number of aryl methyl sites for hydroxylation is 3. The van der Waals surface area contributed by atoms with Crippen molar-refractivity contribution in [3.05, 3.63) is 42.6 Å². The van der Waals surface area contributed by atoms with Crippen molar-refractivity contribution < 1.29 is 4.52 Å². The summed E-state index contributed by atoms with van der Waals surface area (Å²) in [7, 11) is 0. The van der Waals surface area contributed by atoms with Gasteiger partial charge in [-0.2, -0.15) is 4.98 Å². The number of rotatable bonds is 4. The van der Waals surface area contributed by atoms with E-state index in [0.717, 1.165) is 17.8 Å². The van der Waals surface area contributed by atoms with E-state index < -0.39 is 0 Å². The molecule has 0 aliphatic heterocycles. The second kappa shape index (κ2) is 5.12. The molecule has 0 radical (unpaired) electrons. The fourth-order valence-corrected chi connectivity index (χ4v) is 2.01. The summed E-state index contributed by atoms with van der Waals surface area (Å²) < 4.78 is 6.98. The molecule has 0 atom stereocenters. The average Bonchev–Trinajstić information content (AvgIpc) is 3.05. The van der Waals surface area contributed by atoms with Gasteiger partial charge < -0.3 is 14.8 Å². The van der Waals surface area contributed by atoms with Gasteiger partial charge in [0.2, 0.25) is 5.89 Å². The summed E-state index contributed by atoms with van der Waals surface area (Å²) in [5.74, 6) is 1.76. The smallest absolute Gasteiger partial charge is 0.223 e. The second-order valence-corrected chi connectivity index (χ2v) is 4.42. The fraction of sp³-hybridized carbons (Fsp3) is 0.231. The summed E-state index contributed by atoms with van der Waals surface area (Å²) >= 11 is 0. The molecule has 0 unspecified atom stereocenters. The van der Waals surface area contributed by atoms with Gasteiger partial charge in [-0.1, -0.05) is 5.16 Å². The standard InChI is InChI=1S/C13H14N6O/c1-9-17-13(18-20-9)3-5-19-8-15-7-11(19)10-2-4-16-12(14)6-10/h2,4,6-8H,3,5H2,1H3,(H2,14,16). The Bertz CT molecular complexity index is 717. The number of anilines is 1. The van der Waals surface area contributed by atoms with Gasteiger partial charge in [-0.3, -0.25) is 0 Å². The van der Waals surface area contributed by atoms with Crippen LogP contribution in [0.25, 0.3) is 11.3 Å². The Morgan fingerprint density at radius 1 is 1.40 bits per heavy atom. The van der Waals surface area contributed by atoms with E-state index in [9.17, 15) is 0 Å². The number of hydrogen-bond donors (Lipinski definition) is 1. The van der Waals surface area contributed by atoms with E-state index in [-0.39, 0.29) is 0 Å². The highest BCUT2D eigenvalue weighted by molar-refractivity contribution is 5.61. The normalized spacial score (nSPS) is 10.8. The molecule has 0 amide bonds. The van der Waals surface area contributed by atoms with Gasteiger partial charge >= 0.3 is 0 Å². The summed E-state index contributed by atoms with van der Waals surface area (Å²) in [6, 6.07) is 3.73. The lowest BCUT2D eigenvalue weighted by atomic mass is 10.2. The molecule has 0 aliphatic carbocycles. The van der Waals surface area contributed by atoms with Crippen LogP contribution in [0.5, 0.6) is 0 Å². The van der Waals surface area contributed by atoms with Crippen LogP contribution in [0, 0.1) is 6.92 Å². The first-order chi connectivity index (χ1) is 9.72. The van der Waals surface area contributed by atoms with Crippen LogP contribution in [-0.4, -0.2) is 24.7 Å². The highest BCUT2D eigenvalue weighted by Gasteiger charge is 2.08. The maximum Gasteiger partial charge on any atom is 0.223 e. The minimum atomic E-state index is 0.490. The Morgan fingerprint density at radius 2 is 2.30 bits per heavy atom. The molecule has 3 heterocycles. The van der Waals surface area contributed by atoms with Gasteiger partial charge in [0, 0.05) is 31.6 Å². The van der Waals surface area contributed by atoms with E-state index in [2.05, 4.69) is 20.1 Å². The number of nitrogens with two attached hydrogens (primary N) is 1. The second-order valence-electron chi connectivity index (χ2n) is 4.42. The zero-order valence-electron chi connectivity index (χ0n) is 11.0. The molecule has 0 fully saturated rings. The molecule has 2 N–H and O–H groups in total. The van der Waals surface area contributed by atoms with E-state index in [4.69, 9.17) is 10.3 Å². The Kier molecular flexibility index (Phi) is 3.16. The molecule has 0 aromatic carbocycles. The van der Waals surface area contributed by atoms with Gasteiger partial charge in [-0.25, -0.2) is 9.97 Å². The van der Waals surface area contributed by atoms with Crippen LogP contribution in [0.15, 0.2) is 35.4 Å². The van der Waals surface area contributed by atoms with Crippen molar-refractivity contribution in [1.82, 2.24) is 24.7 Å². The molecule has 7 nitrogen and oxygen atoms in total. The molecule has 3 aromatic rings. The number of hydrogen-bond acceptors (Lipinski definition) is 6. The predicted molar refractivity (Wildman–Crippen MR) is 72.6 cm³/mol. The molecule has 0 bridgehead atoms. The van der Waals surface area contributed by atoms with Crippen molar-refractivity contribution in [3.8, 4) is 11.3 Å². The van der Waals surface area contributed by atoms with Crippen LogP contribution in [0.4, 0.5) is 5.82 Å². The van der Waals surface area contributed by atoms with E-state index >= 15 is 0 Å². The molecule has 0 spiro atoms. The molecule has 3 aromatic heterocycles. The molecule has 102 valence electrons. The van der Waals surface area contributed by atoms with Crippen molar-refractivity contribution in [3.63, 3.8) is 0 Å².